The van der Waals surface area contributed by atoms with Gasteiger partial charge < -0.3 is 5.32 Å². The van der Waals surface area contributed by atoms with Gasteiger partial charge in [-0.3, -0.25) is 4.79 Å². The molecule has 1 aromatic rings. The van der Waals surface area contributed by atoms with E-state index in [0.29, 0.717) is 6.07 Å². The number of hydrogen-bond acceptors (Lipinski definition) is 2. The van der Waals surface area contributed by atoms with Crippen molar-refractivity contribution < 1.29 is 28.1 Å². The van der Waals surface area contributed by atoms with Gasteiger partial charge >= 0.3 is 11.9 Å². The highest BCUT2D eigenvalue weighted by Gasteiger charge is 2.40. The first-order valence-corrected chi connectivity index (χ1v) is 5.31. The van der Waals surface area contributed by atoms with Crippen molar-refractivity contribution in [1.82, 2.24) is 0 Å². The summed E-state index contributed by atoms with van der Waals surface area (Å²) in [6.07, 6.45) is -4.82. The summed E-state index contributed by atoms with van der Waals surface area (Å²) in [7, 11) is 0. The molecule has 0 fully saturated rings. The fourth-order valence-electron chi connectivity index (χ4n) is 1.29. The molecular formula is C11H12F3N2O3+. The van der Waals surface area contributed by atoms with Crippen molar-refractivity contribution in [2.24, 2.45) is 5.92 Å². The molecule has 0 saturated carbocycles. The highest BCUT2D eigenvalue weighted by Crippen LogP contribution is 2.37. The van der Waals surface area contributed by atoms with Crippen LogP contribution in [-0.4, -0.2) is 16.0 Å². The summed E-state index contributed by atoms with van der Waals surface area (Å²) in [5.74, 6) is -0.855. The van der Waals surface area contributed by atoms with E-state index in [2.05, 4.69) is 5.32 Å². The molecule has 8 heteroatoms. The minimum absolute atomic E-state index is 0.100. The topological polar surface area (TPSA) is 69.4 Å². The van der Waals surface area contributed by atoms with Gasteiger partial charge in [-0.25, -0.2) is 5.21 Å². The van der Waals surface area contributed by atoms with E-state index in [1.54, 1.807) is 13.8 Å². The SMILES string of the molecule is CC(C)C(=O)Nc1ccc([N+](=O)O)c(C(F)(F)F)c1. The van der Waals surface area contributed by atoms with Crippen LogP contribution in [0.15, 0.2) is 18.2 Å². The van der Waals surface area contributed by atoms with Crippen LogP contribution in [0, 0.1) is 10.8 Å². The molecular weight excluding hydrogens is 265 g/mol. The fourth-order valence-corrected chi connectivity index (χ4v) is 1.29. The standard InChI is InChI=1S/C11H11F3N2O3/c1-6(2)10(17)15-7-3-4-9(16(18)19)8(5-7)11(12,13)14/h3-6H,1-2H3,(H-,15,17,18,19)/p+1. The number of alkyl halides is 3. The number of benzene rings is 1. The number of carbonyl (C=O) groups is 1. The van der Waals surface area contributed by atoms with Crippen molar-refractivity contribution in [3.8, 4) is 0 Å². The Morgan fingerprint density at radius 2 is 1.95 bits per heavy atom. The van der Waals surface area contributed by atoms with Crippen molar-refractivity contribution in [1.29, 1.82) is 0 Å². The lowest BCUT2D eigenvalue weighted by atomic mass is 10.1. The Bertz CT molecular complexity index is 512. The lowest BCUT2D eigenvalue weighted by Crippen LogP contribution is -2.18. The van der Waals surface area contributed by atoms with Crippen LogP contribution >= 0.6 is 0 Å². The first kappa shape index (κ1) is 14.9. The molecule has 1 amide bonds. The molecule has 0 unspecified atom stereocenters. The summed E-state index contributed by atoms with van der Waals surface area (Å²) in [6.45, 7) is 3.17. The Morgan fingerprint density at radius 1 is 1.37 bits per heavy atom. The van der Waals surface area contributed by atoms with E-state index in [-0.39, 0.29) is 5.69 Å². The Balaban J connectivity index is 3.19. The number of nitrogens with one attached hydrogen (secondary N) is 1. The first-order valence-electron chi connectivity index (χ1n) is 5.31. The van der Waals surface area contributed by atoms with Crippen LogP contribution < -0.4 is 5.32 Å². The van der Waals surface area contributed by atoms with E-state index >= 15 is 0 Å². The minimum atomic E-state index is -4.82. The van der Waals surface area contributed by atoms with Crippen molar-refractivity contribution in [3.05, 3.63) is 28.7 Å². The van der Waals surface area contributed by atoms with Crippen LogP contribution in [0.2, 0.25) is 0 Å². The summed E-state index contributed by atoms with van der Waals surface area (Å²) in [5, 5.41) is 10.9. The van der Waals surface area contributed by atoms with Gasteiger partial charge in [0.05, 0.1) is 4.91 Å². The van der Waals surface area contributed by atoms with Gasteiger partial charge in [-0.2, -0.15) is 13.2 Å². The van der Waals surface area contributed by atoms with Gasteiger partial charge in [0.25, 0.3) is 4.92 Å². The lowest BCUT2D eigenvalue weighted by molar-refractivity contribution is -0.730. The first-order chi connectivity index (χ1) is 8.62. The summed E-state index contributed by atoms with van der Waals surface area (Å²) in [4.78, 5) is 21.2. The average molecular weight is 277 g/mol. The zero-order valence-electron chi connectivity index (χ0n) is 10.2. The molecule has 0 aliphatic rings. The largest absolute Gasteiger partial charge is 0.423 e. The van der Waals surface area contributed by atoms with Crippen molar-refractivity contribution >= 4 is 17.3 Å². The molecule has 5 nitrogen and oxygen atoms in total. The van der Waals surface area contributed by atoms with Gasteiger partial charge in [0.15, 0.2) is 0 Å². The normalized spacial score (nSPS) is 11.5. The molecule has 0 aliphatic heterocycles. The Morgan fingerprint density at radius 3 is 2.37 bits per heavy atom. The highest BCUT2D eigenvalue weighted by atomic mass is 19.4. The van der Waals surface area contributed by atoms with Crippen molar-refractivity contribution in [3.63, 3.8) is 0 Å². The van der Waals surface area contributed by atoms with Crippen LogP contribution in [0.5, 0.6) is 0 Å². The second kappa shape index (κ2) is 5.25. The lowest BCUT2D eigenvalue weighted by Gasteiger charge is -2.10. The number of carbonyl (C=O) groups excluding carboxylic acids is 1. The predicted molar refractivity (Wildman–Crippen MR) is 60.0 cm³/mol. The van der Waals surface area contributed by atoms with E-state index in [4.69, 9.17) is 5.21 Å². The molecule has 0 aromatic heterocycles. The zero-order chi connectivity index (χ0) is 14.8. The van der Waals surface area contributed by atoms with Crippen LogP contribution in [0.3, 0.4) is 0 Å². The van der Waals surface area contributed by atoms with Crippen LogP contribution in [0.25, 0.3) is 0 Å². The number of amides is 1. The number of rotatable bonds is 3. The average Bonchev–Trinajstić information content (AvgIpc) is 2.27. The number of anilines is 1. The van der Waals surface area contributed by atoms with E-state index in [9.17, 15) is 22.9 Å². The van der Waals surface area contributed by atoms with Crippen LogP contribution in [0.4, 0.5) is 24.5 Å². The van der Waals surface area contributed by atoms with Crippen molar-refractivity contribution in [2.75, 3.05) is 5.32 Å². The van der Waals surface area contributed by atoms with Gasteiger partial charge in [0, 0.05) is 17.7 Å². The molecule has 0 atom stereocenters. The van der Waals surface area contributed by atoms with Gasteiger partial charge in [-0.15, -0.1) is 0 Å². The Hall–Kier alpha value is -2.12. The summed E-state index contributed by atoms with van der Waals surface area (Å²) < 4.78 is 38.1. The molecule has 0 aliphatic carbocycles. The van der Waals surface area contributed by atoms with Gasteiger partial charge in [0.1, 0.15) is 5.56 Å². The van der Waals surface area contributed by atoms with Gasteiger partial charge in [0.2, 0.25) is 5.91 Å². The van der Waals surface area contributed by atoms with E-state index in [1.807, 2.05) is 0 Å². The quantitative estimate of drug-likeness (QED) is 0.834. The van der Waals surface area contributed by atoms with Crippen LogP contribution in [0.1, 0.15) is 19.4 Å². The van der Waals surface area contributed by atoms with E-state index < -0.39 is 34.2 Å². The monoisotopic (exact) mass is 277 g/mol. The number of nitrogens with zero attached hydrogens (tertiary/aromatic N) is 1. The minimum Gasteiger partial charge on any atom is -0.326 e. The zero-order valence-corrected chi connectivity index (χ0v) is 10.2. The van der Waals surface area contributed by atoms with E-state index in [1.165, 1.54) is 0 Å². The third-order valence-electron chi connectivity index (χ3n) is 2.30. The third kappa shape index (κ3) is 3.67. The molecule has 0 saturated heterocycles. The second-order valence-electron chi connectivity index (χ2n) is 4.15. The maximum Gasteiger partial charge on any atom is 0.423 e. The molecule has 1 rings (SSSR count). The smallest absolute Gasteiger partial charge is 0.326 e. The second-order valence-corrected chi connectivity index (χ2v) is 4.15. The Labute approximate surface area is 106 Å². The predicted octanol–water partition coefficient (Wildman–Crippen LogP) is 3.10. The molecule has 0 spiro atoms. The highest BCUT2D eigenvalue weighted by molar-refractivity contribution is 5.92. The third-order valence-corrected chi connectivity index (χ3v) is 2.30. The maximum absolute atomic E-state index is 12.7. The number of halogens is 3. The Kier molecular flexibility index (Phi) is 4.13. The van der Waals surface area contributed by atoms with Gasteiger partial charge in [-0.05, 0) is 12.1 Å². The summed E-state index contributed by atoms with van der Waals surface area (Å²) in [5.41, 5.74) is -2.36. The fraction of sp³-hybridized carbons (Fsp3) is 0.364. The molecule has 2 N–H and O–H groups in total. The summed E-state index contributed by atoms with van der Waals surface area (Å²) >= 11 is 0. The molecule has 0 radical (unpaired) electrons. The van der Waals surface area contributed by atoms with Crippen LogP contribution in [-0.2, 0) is 11.0 Å². The van der Waals surface area contributed by atoms with E-state index in [0.717, 1.165) is 12.1 Å². The molecule has 0 heterocycles. The molecule has 104 valence electrons. The molecule has 1 aromatic carbocycles. The summed E-state index contributed by atoms with van der Waals surface area (Å²) in [6, 6.07) is 2.48. The van der Waals surface area contributed by atoms with Gasteiger partial charge in [-0.1, -0.05) is 13.8 Å². The number of hydrogen-bond donors (Lipinski definition) is 2. The molecule has 0 bridgehead atoms. The van der Waals surface area contributed by atoms with Crippen molar-refractivity contribution in [2.45, 2.75) is 20.0 Å². The maximum atomic E-state index is 12.7. The molecule has 19 heavy (non-hydrogen) atoms.